The number of halogens is 5. The second kappa shape index (κ2) is 5.69. The molecule has 0 aliphatic carbocycles. The number of rotatable bonds is 4. The Balaban J connectivity index is 2.65. The predicted octanol–water partition coefficient (Wildman–Crippen LogP) is 4.76. The summed E-state index contributed by atoms with van der Waals surface area (Å²) in [5.41, 5.74) is 0.150. The molecule has 0 aliphatic rings. The van der Waals surface area contributed by atoms with Crippen LogP contribution in [-0.4, -0.2) is 19.4 Å². The van der Waals surface area contributed by atoms with E-state index < -0.39 is 18.4 Å². The lowest BCUT2D eigenvalue weighted by Gasteiger charge is -2.27. The lowest BCUT2D eigenvalue weighted by atomic mass is 9.95. The van der Waals surface area contributed by atoms with E-state index in [1.165, 1.54) is 13.1 Å². The third-order valence-corrected chi connectivity index (χ3v) is 3.87. The van der Waals surface area contributed by atoms with Crippen molar-refractivity contribution in [3.05, 3.63) is 46.4 Å². The Bertz CT molecular complexity index is 615. The second-order valence-electron chi connectivity index (χ2n) is 4.38. The fraction of sp³-hybridized carbons (Fsp3) is 0.286. The van der Waals surface area contributed by atoms with Crippen molar-refractivity contribution in [2.45, 2.75) is 18.4 Å². The van der Waals surface area contributed by atoms with Gasteiger partial charge in [0.15, 0.2) is 0 Å². The quantitative estimate of drug-likeness (QED) is 0.784. The monoisotopic (exact) mass is 349 g/mol. The van der Waals surface area contributed by atoms with Gasteiger partial charge in [-0.05, 0) is 29.4 Å². The van der Waals surface area contributed by atoms with Crippen molar-refractivity contribution in [3.63, 3.8) is 0 Å². The zero-order valence-electron chi connectivity index (χ0n) is 10.5. The molecule has 0 aromatic heterocycles. The Labute approximate surface area is 122 Å². The van der Waals surface area contributed by atoms with Crippen molar-refractivity contribution in [1.82, 2.24) is 5.32 Å². The standard InChI is InChI=1S/C14H12BrF4N/c1-20-12(14(18,19)13(16)17)10-6-7-11(15)9-5-3-2-4-8(9)10/h2-7,12-13,20H,1H3. The van der Waals surface area contributed by atoms with Gasteiger partial charge in [0.1, 0.15) is 6.04 Å². The van der Waals surface area contributed by atoms with E-state index in [1.807, 2.05) is 0 Å². The summed E-state index contributed by atoms with van der Waals surface area (Å²) >= 11 is 3.33. The molecular weight excluding hydrogens is 338 g/mol. The molecule has 0 aliphatic heterocycles. The molecule has 1 atom stereocenters. The van der Waals surface area contributed by atoms with Gasteiger partial charge >= 0.3 is 12.3 Å². The van der Waals surface area contributed by atoms with Crippen LogP contribution in [0, 0.1) is 0 Å². The maximum atomic E-state index is 13.7. The van der Waals surface area contributed by atoms with Crippen LogP contribution in [-0.2, 0) is 0 Å². The van der Waals surface area contributed by atoms with Crippen molar-refractivity contribution < 1.29 is 17.6 Å². The summed E-state index contributed by atoms with van der Waals surface area (Å²) in [5, 5.41) is 3.53. The third kappa shape index (κ3) is 2.54. The molecule has 0 saturated carbocycles. The zero-order valence-corrected chi connectivity index (χ0v) is 12.1. The lowest BCUT2D eigenvalue weighted by molar-refractivity contribution is -0.150. The van der Waals surface area contributed by atoms with Crippen molar-refractivity contribution in [3.8, 4) is 0 Å². The van der Waals surface area contributed by atoms with Crippen LogP contribution in [0.5, 0.6) is 0 Å². The van der Waals surface area contributed by atoms with Crippen LogP contribution in [0.2, 0.25) is 0 Å². The summed E-state index contributed by atoms with van der Waals surface area (Å²) in [6.45, 7) is 0. The molecule has 0 bridgehead atoms. The molecule has 20 heavy (non-hydrogen) atoms. The molecule has 2 aromatic carbocycles. The SMILES string of the molecule is CNC(c1ccc(Br)c2ccccc12)C(F)(F)C(F)F. The zero-order chi connectivity index (χ0) is 14.9. The van der Waals surface area contributed by atoms with E-state index in [-0.39, 0.29) is 5.56 Å². The Morgan fingerprint density at radius 3 is 2.20 bits per heavy atom. The molecule has 1 nitrogen and oxygen atoms in total. The molecule has 1 N–H and O–H groups in total. The molecular formula is C14H12BrF4N. The molecule has 2 rings (SSSR count). The van der Waals surface area contributed by atoms with Crippen LogP contribution >= 0.6 is 15.9 Å². The maximum Gasteiger partial charge on any atom is 0.326 e. The van der Waals surface area contributed by atoms with Crippen LogP contribution in [0.1, 0.15) is 11.6 Å². The fourth-order valence-corrected chi connectivity index (χ4v) is 2.70. The summed E-state index contributed by atoms with van der Waals surface area (Å²) in [4.78, 5) is 0. The molecule has 108 valence electrons. The summed E-state index contributed by atoms with van der Waals surface area (Å²) in [7, 11) is 1.25. The van der Waals surface area contributed by atoms with Gasteiger partial charge in [0.2, 0.25) is 0 Å². The Morgan fingerprint density at radius 2 is 1.65 bits per heavy atom. The van der Waals surface area contributed by atoms with Crippen LogP contribution in [0.15, 0.2) is 40.9 Å². The molecule has 0 amide bonds. The van der Waals surface area contributed by atoms with Gasteiger partial charge in [-0.15, -0.1) is 0 Å². The predicted molar refractivity (Wildman–Crippen MR) is 74.4 cm³/mol. The van der Waals surface area contributed by atoms with Crippen LogP contribution < -0.4 is 5.32 Å². The van der Waals surface area contributed by atoms with E-state index >= 15 is 0 Å². The fourth-order valence-electron chi connectivity index (χ4n) is 2.22. The molecule has 0 radical (unpaired) electrons. The lowest BCUT2D eigenvalue weighted by Crippen LogP contribution is -2.41. The van der Waals surface area contributed by atoms with E-state index in [9.17, 15) is 17.6 Å². The molecule has 0 saturated heterocycles. The van der Waals surface area contributed by atoms with Crippen molar-refractivity contribution in [1.29, 1.82) is 0 Å². The average Bonchev–Trinajstić information content (AvgIpc) is 2.42. The summed E-state index contributed by atoms with van der Waals surface area (Å²) in [5.74, 6) is -4.15. The van der Waals surface area contributed by atoms with Gasteiger partial charge < -0.3 is 5.32 Å². The van der Waals surface area contributed by atoms with Gasteiger partial charge in [-0.1, -0.05) is 46.3 Å². The number of fused-ring (bicyclic) bond motifs is 1. The minimum Gasteiger partial charge on any atom is -0.308 e. The van der Waals surface area contributed by atoms with Gasteiger partial charge in [-0.25, -0.2) is 8.78 Å². The van der Waals surface area contributed by atoms with Crippen LogP contribution in [0.3, 0.4) is 0 Å². The number of nitrogens with one attached hydrogen (secondary N) is 1. The smallest absolute Gasteiger partial charge is 0.308 e. The molecule has 0 heterocycles. The van der Waals surface area contributed by atoms with Crippen molar-refractivity contribution >= 4 is 26.7 Å². The Hall–Kier alpha value is -1.14. The number of hydrogen-bond donors (Lipinski definition) is 1. The van der Waals surface area contributed by atoms with E-state index in [2.05, 4.69) is 21.2 Å². The van der Waals surface area contributed by atoms with E-state index in [0.717, 1.165) is 4.47 Å². The molecule has 1 unspecified atom stereocenters. The van der Waals surface area contributed by atoms with Gasteiger partial charge in [0.05, 0.1) is 0 Å². The minimum absolute atomic E-state index is 0.150. The van der Waals surface area contributed by atoms with Gasteiger partial charge in [-0.2, -0.15) is 8.78 Å². The van der Waals surface area contributed by atoms with E-state index in [0.29, 0.717) is 10.8 Å². The van der Waals surface area contributed by atoms with Crippen LogP contribution in [0.4, 0.5) is 17.6 Å². The number of benzene rings is 2. The normalized spacial score (nSPS) is 13.9. The van der Waals surface area contributed by atoms with Gasteiger partial charge in [0, 0.05) is 4.47 Å². The van der Waals surface area contributed by atoms with Gasteiger partial charge in [0.25, 0.3) is 0 Å². The highest BCUT2D eigenvalue weighted by atomic mass is 79.9. The first-order valence-electron chi connectivity index (χ1n) is 5.90. The molecule has 6 heteroatoms. The van der Waals surface area contributed by atoms with E-state index in [4.69, 9.17) is 0 Å². The summed E-state index contributed by atoms with van der Waals surface area (Å²) in [6, 6.07) is 8.10. The van der Waals surface area contributed by atoms with Crippen molar-refractivity contribution in [2.24, 2.45) is 0 Å². The average molecular weight is 350 g/mol. The summed E-state index contributed by atoms with van der Waals surface area (Å²) < 4.78 is 53.4. The van der Waals surface area contributed by atoms with Crippen LogP contribution in [0.25, 0.3) is 10.8 Å². The Morgan fingerprint density at radius 1 is 1.05 bits per heavy atom. The van der Waals surface area contributed by atoms with E-state index in [1.54, 1.807) is 30.3 Å². The third-order valence-electron chi connectivity index (χ3n) is 3.18. The second-order valence-corrected chi connectivity index (χ2v) is 5.23. The summed E-state index contributed by atoms with van der Waals surface area (Å²) in [6.07, 6.45) is -3.73. The first kappa shape index (κ1) is 15.3. The first-order valence-corrected chi connectivity index (χ1v) is 6.69. The number of alkyl halides is 4. The Kier molecular flexibility index (Phi) is 4.34. The minimum atomic E-state index is -4.15. The van der Waals surface area contributed by atoms with Crippen molar-refractivity contribution in [2.75, 3.05) is 7.05 Å². The highest BCUT2D eigenvalue weighted by molar-refractivity contribution is 9.10. The highest BCUT2D eigenvalue weighted by Gasteiger charge is 2.49. The first-order chi connectivity index (χ1) is 9.39. The molecule has 2 aromatic rings. The molecule has 0 spiro atoms. The topological polar surface area (TPSA) is 12.0 Å². The van der Waals surface area contributed by atoms with Gasteiger partial charge in [-0.3, -0.25) is 0 Å². The molecule has 0 fully saturated rings. The maximum absolute atomic E-state index is 13.7. The number of hydrogen-bond acceptors (Lipinski definition) is 1. The highest BCUT2D eigenvalue weighted by Crippen LogP contribution is 2.40. The largest absolute Gasteiger partial charge is 0.326 e.